The molecule has 0 saturated carbocycles. The van der Waals surface area contributed by atoms with E-state index in [0.717, 1.165) is 17.3 Å². The molecule has 2 aromatic carbocycles. The number of nitrogens with one attached hydrogen (secondary N) is 1. The molecule has 0 bridgehead atoms. The zero-order valence-corrected chi connectivity index (χ0v) is 20.8. The first-order valence-corrected chi connectivity index (χ1v) is 12.7. The quantitative estimate of drug-likeness (QED) is 0.516. The number of hydrogen-bond donors (Lipinski definition) is 1. The van der Waals surface area contributed by atoms with Crippen LogP contribution in [0.25, 0.3) is 0 Å². The predicted molar refractivity (Wildman–Crippen MR) is 124 cm³/mol. The predicted octanol–water partition coefficient (Wildman–Crippen LogP) is 4.43. The Hall–Kier alpha value is -1.75. The van der Waals surface area contributed by atoms with E-state index in [-0.39, 0.29) is 10.5 Å². The molecule has 1 N–H and O–H groups in total. The van der Waals surface area contributed by atoms with Crippen LogP contribution < -0.4 is 5.32 Å². The Balaban J connectivity index is 1.66. The van der Waals surface area contributed by atoms with E-state index in [4.69, 9.17) is 4.74 Å². The van der Waals surface area contributed by atoms with Crippen molar-refractivity contribution in [1.29, 1.82) is 0 Å². The second kappa shape index (κ2) is 10.2. The molecule has 0 aliphatic carbocycles. The van der Waals surface area contributed by atoms with Crippen molar-refractivity contribution in [2.24, 2.45) is 5.92 Å². The molecule has 166 valence electrons. The smallest absolute Gasteiger partial charge is 0.338 e. The van der Waals surface area contributed by atoms with E-state index in [1.54, 1.807) is 24.3 Å². The number of hydrogen-bond acceptors (Lipinski definition) is 5. The van der Waals surface area contributed by atoms with Crippen LogP contribution in [-0.4, -0.2) is 44.3 Å². The third-order valence-electron chi connectivity index (χ3n) is 4.99. The van der Waals surface area contributed by atoms with Gasteiger partial charge in [0.2, 0.25) is 10.0 Å². The number of nitrogens with zero attached hydrogens (tertiary/aromatic N) is 1. The van der Waals surface area contributed by atoms with Gasteiger partial charge in [0.1, 0.15) is 0 Å². The number of ether oxygens (including phenoxy) is 1. The molecule has 1 fully saturated rings. The van der Waals surface area contributed by atoms with E-state index >= 15 is 0 Å². The van der Waals surface area contributed by atoms with E-state index in [0.29, 0.717) is 29.2 Å². The van der Waals surface area contributed by atoms with Gasteiger partial charge >= 0.3 is 5.97 Å². The van der Waals surface area contributed by atoms with Crippen molar-refractivity contribution in [2.75, 3.05) is 25.0 Å². The average molecular weight is 574 g/mol. The van der Waals surface area contributed by atoms with Crippen molar-refractivity contribution in [3.05, 3.63) is 57.0 Å². The summed E-state index contributed by atoms with van der Waals surface area (Å²) in [5.41, 5.74) is 0.626. The average Bonchev–Trinajstić information content (AvgIpc) is 2.74. The van der Waals surface area contributed by atoms with Gasteiger partial charge in [0.05, 0.1) is 10.5 Å². The van der Waals surface area contributed by atoms with Gasteiger partial charge in [-0.25, -0.2) is 13.2 Å². The minimum Gasteiger partial charge on any atom is -0.452 e. The first kappa shape index (κ1) is 23.9. The van der Waals surface area contributed by atoms with E-state index in [2.05, 4.69) is 44.1 Å². The Labute approximate surface area is 198 Å². The van der Waals surface area contributed by atoms with Crippen LogP contribution in [0.2, 0.25) is 0 Å². The first-order valence-electron chi connectivity index (χ1n) is 9.69. The summed E-state index contributed by atoms with van der Waals surface area (Å²) in [5.74, 6) is -0.787. The van der Waals surface area contributed by atoms with E-state index in [1.165, 1.54) is 22.5 Å². The number of carbonyl (C=O) groups excluding carboxylic acids is 2. The number of piperidine rings is 1. The van der Waals surface area contributed by atoms with Gasteiger partial charge in [-0.3, -0.25) is 4.79 Å². The second-order valence-electron chi connectivity index (χ2n) is 7.36. The monoisotopic (exact) mass is 572 g/mol. The van der Waals surface area contributed by atoms with E-state index in [9.17, 15) is 18.0 Å². The lowest BCUT2D eigenvalue weighted by atomic mass is 10.0. The van der Waals surface area contributed by atoms with Gasteiger partial charge in [0, 0.05) is 27.7 Å². The molecule has 3 rings (SSSR count). The highest BCUT2D eigenvalue weighted by Crippen LogP contribution is 2.29. The highest BCUT2D eigenvalue weighted by atomic mass is 79.9. The maximum Gasteiger partial charge on any atom is 0.338 e. The summed E-state index contributed by atoms with van der Waals surface area (Å²) in [5, 5.41) is 2.62. The standard InChI is InChI=1S/C21H22Br2N2O5S/c1-14-8-10-25(11-9-14)31(28,29)19-12-15(2-7-18(19)23)21(27)30-13-20(26)24-17-5-3-16(22)4-6-17/h2-7,12,14H,8-11,13H2,1H3,(H,24,26). The molecule has 0 atom stereocenters. The fourth-order valence-electron chi connectivity index (χ4n) is 3.14. The summed E-state index contributed by atoms with van der Waals surface area (Å²) in [4.78, 5) is 24.5. The SMILES string of the molecule is CC1CCN(S(=O)(=O)c2cc(C(=O)OCC(=O)Nc3ccc(Br)cc3)ccc2Br)CC1. The molecule has 7 nitrogen and oxygen atoms in total. The molecule has 0 unspecified atom stereocenters. The lowest BCUT2D eigenvalue weighted by Crippen LogP contribution is -2.38. The first-order chi connectivity index (χ1) is 14.7. The third-order valence-corrected chi connectivity index (χ3v) is 8.41. The molecule has 2 aromatic rings. The van der Waals surface area contributed by atoms with Crippen molar-refractivity contribution in [3.63, 3.8) is 0 Å². The van der Waals surface area contributed by atoms with Crippen LogP contribution in [0.4, 0.5) is 5.69 Å². The van der Waals surface area contributed by atoms with Crippen LogP contribution in [0.15, 0.2) is 56.3 Å². The van der Waals surface area contributed by atoms with E-state index in [1.807, 2.05) is 0 Å². The van der Waals surface area contributed by atoms with Crippen LogP contribution in [0, 0.1) is 5.92 Å². The minimum atomic E-state index is -3.75. The molecule has 31 heavy (non-hydrogen) atoms. The molecule has 1 aliphatic heterocycles. The molecule has 1 amide bonds. The lowest BCUT2D eigenvalue weighted by molar-refractivity contribution is -0.119. The highest BCUT2D eigenvalue weighted by molar-refractivity contribution is 9.10. The summed E-state index contributed by atoms with van der Waals surface area (Å²) < 4.78 is 33.9. The topological polar surface area (TPSA) is 92.8 Å². The number of rotatable bonds is 6. The molecule has 0 aromatic heterocycles. The fraction of sp³-hybridized carbons (Fsp3) is 0.333. The number of benzene rings is 2. The summed E-state index contributed by atoms with van der Waals surface area (Å²) in [6.07, 6.45) is 1.60. The molecular weight excluding hydrogens is 552 g/mol. The number of anilines is 1. The van der Waals surface area contributed by atoms with Crippen LogP contribution in [0.3, 0.4) is 0 Å². The van der Waals surface area contributed by atoms with Crippen LogP contribution in [0.5, 0.6) is 0 Å². The Morgan fingerprint density at radius 3 is 2.39 bits per heavy atom. The van der Waals surface area contributed by atoms with Crippen molar-refractivity contribution in [3.8, 4) is 0 Å². The van der Waals surface area contributed by atoms with Crippen molar-refractivity contribution in [1.82, 2.24) is 4.31 Å². The second-order valence-corrected chi connectivity index (χ2v) is 11.0. The van der Waals surface area contributed by atoms with Crippen molar-refractivity contribution in [2.45, 2.75) is 24.7 Å². The highest BCUT2D eigenvalue weighted by Gasteiger charge is 2.30. The Bertz CT molecular complexity index is 1070. The maximum atomic E-state index is 13.1. The largest absolute Gasteiger partial charge is 0.452 e. The molecule has 1 heterocycles. The molecule has 1 saturated heterocycles. The Morgan fingerprint density at radius 2 is 1.74 bits per heavy atom. The van der Waals surface area contributed by atoms with E-state index < -0.39 is 28.5 Å². The normalized spacial score (nSPS) is 15.5. The van der Waals surface area contributed by atoms with Crippen LogP contribution in [-0.2, 0) is 19.6 Å². The molecule has 10 heteroatoms. The number of sulfonamides is 1. The van der Waals surface area contributed by atoms with Gasteiger partial charge < -0.3 is 10.1 Å². The van der Waals surface area contributed by atoms with Crippen molar-refractivity contribution >= 4 is 59.4 Å². The van der Waals surface area contributed by atoms with Gasteiger partial charge in [-0.2, -0.15) is 4.31 Å². The Morgan fingerprint density at radius 1 is 1.10 bits per heavy atom. The van der Waals surface area contributed by atoms with Gasteiger partial charge in [0.25, 0.3) is 5.91 Å². The zero-order valence-electron chi connectivity index (χ0n) is 16.8. The van der Waals surface area contributed by atoms with Gasteiger partial charge in [-0.05, 0) is 77.2 Å². The van der Waals surface area contributed by atoms with Crippen molar-refractivity contribution < 1.29 is 22.7 Å². The number of amides is 1. The minimum absolute atomic E-state index is 0.0100. The number of esters is 1. The van der Waals surface area contributed by atoms with Crippen LogP contribution in [0.1, 0.15) is 30.1 Å². The lowest BCUT2D eigenvalue weighted by Gasteiger charge is -2.29. The summed E-state index contributed by atoms with van der Waals surface area (Å²) in [7, 11) is -3.75. The molecular formula is C21H22Br2N2O5S. The van der Waals surface area contributed by atoms with Gasteiger partial charge in [-0.1, -0.05) is 22.9 Å². The zero-order chi connectivity index (χ0) is 22.6. The maximum absolute atomic E-state index is 13.1. The molecule has 0 spiro atoms. The van der Waals surface area contributed by atoms with Gasteiger partial charge in [-0.15, -0.1) is 0 Å². The van der Waals surface area contributed by atoms with Crippen LogP contribution >= 0.6 is 31.9 Å². The summed E-state index contributed by atoms with van der Waals surface area (Å²) in [6.45, 7) is 2.50. The molecule has 0 radical (unpaired) electrons. The number of carbonyl (C=O) groups is 2. The molecule has 1 aliphatic rings. The summed E-state index contributed by atoms with van der Waals surface area (Å²) >= 11 is 6.58. The number of halogens is 2. The Kier molecular flexibility index (Phi) is 7.90. The fourth-order valence-corrected chi connectivity index (χ4v) is 5.82. The van der Waals surface area contributed by atoms with Gasteiger partial charge in [0.15, 0.2) is 6.61 Å². The third kappa shape index (κ3) is 6.15. The summed E-state index contributed by atoms with van der Waals surface area (Å²) in [6, 6.07) is 11.2.